The summed E-state index contributed by atoms with van der Waals surface area (Å²) in [7, 11) is 0. The topological polar surface area (TPSA) is 98.7 Å². The van der Waals surface area contributed by atoms with Crippen molar-refractivity contribution in [1.29, 1.82) is 0 Å². The first-order chi connectivity index (χ1) is 11.6. The molecule has 1 saturated carbocycles. The highest BCUT2D eigenvalue weighted by molar-refractivity contribution is 5.85. The molecule has 2 aromatic rings. The summed E-state index contributed by atoms with van der Waals surface area (Å²) in [4.78, 5) is 12.8. The lowest BCUT2D eigenvalue weighted by Gasteiger charge is -2.22. The van der Waals surface area contributed by atoms with Crippen LogP contribution in [0.15, 0.2) is 24.3 Å². The van der Waals surface area contributed by atoms with Gasteiger partial charge in [0, 0.05) is 19.0 Å². The van der Waals surface area contributed by atoms with Crippen LogP contribution in [0.4, 0.5) is 4.39 Å². The third kappa shape index (κ3) is 4.73. The van der Waals surface area contributed by atoms with Gasteiger partial charge >= 0.3 is 0 Å². The average Bonchev–Trinajstić information content (AvgIpc) is 3.33. The molecule has 3 rings (SSSR count). The van der Waals surface area contributed by atoms with Crippen LogP contribution in [0.3, 0.4) is 0 Å². The number of carbonyl (C=O) groups is 1. The van der Waals surface area contributed by atoms with Crippen LogP contribution in [0.1, 0.15) is 30.3 Å². The van der Waals surface area contributed by atoms with E-state index < -0.39 is 6.04 Å². The van der Waals surface area contributed by atoms with Gasteiger partial charge in [-0.15, -0.1) is 17.5 Å². The van der Waals surface area contributed by atoms with Crippen LogP contribution in [0.25, 0.3) is 0 Å². The Kier molecular flexibility index (Phi) is 6.44. The lowest BCUT2D eigenvalue weighted by molar-refractivity contribution is -0.125. The molecule has 0 spiro atoms. The predicted octanol–water partition coefficient (Wildman–Crippen LogP) is 1.18. The van der Waals surface area contributed by atoms with E-state index in [2.05, 4.69) is 20.8 Å². The molecule has 2 atom stereocenters. The Bertz CT molecular complexity index is 703. The Balaban J connectivity index is 0.00000225. The Labute approximate surface area is 151 Å². The molecule has 0 saturated heterocycles. The summed E-state index contributed by atoms with van der Waals surface area (Å²) in [6.07, 6.45) is 2.56. The van der Waals surface area contributed by atoms with Crippen molar-refractivity contribution in [1.82, 2.24) is 25.5 Å². The van der Waals surface area contributed by atoms with E-state index in [1.54, 1.807) is 19.1 Å². The number of benzene rings is 1. The molecule has 3 N–H and O–H groups in total. The number of nitrogens with zero attached hydrogens (tertiary/aromatic N) is 4. The monoisotopic (exact) mass is 368 g/mol. The quantitative estimate of drug-likeness (QED) is 0.764. The van der Waals surface area contributed by atoms with Crippen LogP contribution in [0.2, 0.25) is 0 Å². The van der Waals surface area contributed by atoms with Crippen molar-refractivity contribution >= 4 is 18.3 Å². The predicted molar refractivity (Wildman–Crippen MR) is 92.7 cm³/mol. The Hall–Kier alpha value is -2.06. The van der Waals surface area contributed by atoms with Crippen LogP contribution < -0.4 is 11.1 Å². The van der Waals surface area contributed by atoms with Crippen LogP contribution in [-0.4, -0.2) is 38.7 Å². The Morgan fingerprint density at radius 1 is 1.40 bits per heavy atom. The fraction of sp³-hybridized carbons (Fsp3) is 0.500. The summed E-state index contributed by atoms with van der Waals surface area (Å²) in [5.74, 6) is 0.528. The zero-order valence-corrected chi connectivity index (χ0v) is 14.7. The Morgan fingerprint density at radius 3 is 2.60 bits per heavy atom. The molecule has 9 heteroatoms. The summed E-state index contributed by atoms with van der Waals surface area (Å²) in [5, 5.41) is 14.4. The summed E-state index contributed by atoms with van der Waals surface area (Å²) >= 11 is 0. The smallest absolute Gasteiger partial charge is 0.245 e. The molecular weight excluding hydrogens is 347 g/mol. The van der Waals surface area contributed by atoms with E-state index in [-0.39, 0.29) is 30.2 Å². The molecule has 1 aromatic carbocycles. The van der Waals surface area contributed by atoms with Gasteiger partial charge in [-0.1, -0.05) is 12.1 Å². The largest absolute Gasteiger partial charge is 0.350 e. The van der Waals surface area contributed by atoms with Crippen LogP contribution in [0, 0.1) is 18.7 Å². The molecule has 0 bridgehead atoms. The summed E-state index contributed by atoms with van der Waals surface area (Å²) < 4.78 is 14.6. The number of carbonyl (C=O) groups excluding carboxylic acids is 1. The molecule has 1 amide bonds. The summed E-state index contributed by atoms with van der Waals surface area (Å²) in [5.41, 5.74) is 6.61. The van der Waals surface area contributed by atoms with E-state index in [0.29, 0.717) is 24.7 Å². The second kappa shape index (κ2) is 8.35. The first kappa shape index (κ1) is 19.3. The summed E-state index contributed by atoms with van der Waals surface area (Å²) in [6.45, 7) is 2.15. The standard InChI is InChI=1S/C16H21FN6O.ClH/c1-10-20-21-22-23(10)15(8-11-2-6-13(17)7-3-11)16(24)19-14(9-18)12-4-5-12;/h2-3,6-7,12,14-15H,4-5,8-9,18H2,1H3,(H,19,24);1H. The van der Waals surface area contributed by atoms with Crippen LogP contribution in [0.5, 0.6) is 0 Å². The van der Waals surface area contributed by atoms with Crippen LogP contribution >= 0.6 is 12.4 Å². The molecule has 1 aliphatic carbocycles. The number of nitrogens with two attached hydrogens (primary N) is 1. The SMILES string of the molecule is Cc1nnnn1C(Cc1ccc(F)cc1)C(=O)NC(CN)C1CC1.Cl. The first-order valence-corrected chi connectivity index (χ1v) is 8.08. The van der Waals surface area contributed by atoms with Crippen molar-refractivity contribution < 1.29 is 9.18 Å². The molecule has 1 aromatic heterocycles. The Morgan fingerprint density at radius 2 is 2.08 bits per heavy atom. The van der Waals surface area contributed by atoms with E-state index >= 15 is 0 Å². The molecule has 0 radical (unpaired) electrons. The number of hydrogen-bond donors (Lipinski definition) is 2. The minimum atomic E-state index is -0.599. The minimum absolute atomic E-state index is 0. The van der Waals surface area contributed by atoms with Crippen LogP contribution in [-0.2, 0) is 11.2 Å². The van der Waals surface area contributed by atoms with Gasteiger partial charge in [0.25, 0.3) is 0 Å². The van der Waals surface area contributed by atoms with Crippen molar-refractivity contribution in [3.8, 4) is 0 Å². The number of hydrogen-bond acceptors (Lipinski definition) is 5. The highest BCUT2D eigenvalue weighted by Crippen LogP contribution is 2.32. The second-order valence-corrected chi connectivity index (χ2v) is 6.21. The highest BCUT2D eigenvalue weighted by atomic mass is 35.5. The van der Waals surface area contributed by atoms with Crippen molar-refractivity contribution in [3.05, 3.63) is 41.5 Å². The maximum atomic E-state index is 13.1. The number of halogens is 2. The molecule has 0 aliphatic heterocycles. The molecule has 25 heavy (non-hydrogen) atoms. The lowest BCUT2D eigenvalue weighted by atomic mass is 10.0. The zero-order chi connectivity index (χ0) is 17.1. The van der Waals surface area contributed by atoms with Gasteiger partial charge in [-0.2, -0.15) is 0 Å². The number of rotatable bonds is 7. The zero-order valence-electron chi connectivity index (χ0n) is 13.9. The van der Waals surface area contributed by atoms with Crippen molar-refractivity contribution in [2.75, 3.05) is 6.54 Å². The molecule has 1 fully saturated rings. The molecule has 7 nitrogen and oxygen atoms in total. The van der Waals surface area contributed by atoms with Gasteiger partial charge in [0.2, 0.25) is 5.91 Å². The maximum Gasteiger partial charge on any atom is 0.245 e. The second-order valence-electron chi connectivity index (χ2n) is 6.21. The van der Waals surface area contributed by atoms with E-state index in [0.717, 1.165) is 18.4 Å². The number of aromatic nitrogens is 4. The molecule has 136 valence electrons. The molecule has 2 unspecified atom stereocenters. The van der Waals surface area contributed by atoms with Gasteiger partial charge in [0.05, 0.1) is 0 Å². The number of amides is 1. The fourth-order valence-electron chi connectivity index (χ4n) is 2.81. The van der Waals surface area contributed by atoms with E-state index in [1.807, 2.05) is 0 Å². The third-order valence-electron chi connectivity index (χ3n) is 4.37. The van der Waals surface area contributed by atoms with E-state index in [1.165, 1.54) is 16.8 Å². The molecule has 1 aliphatic rings. The third-order valence-corrected chi connectivity index (χ3v) is 4.37. The number of nitrogens with one attached hydrogen (secondary N) is 1. The normalized spacial score (nSPS) is 16.0. The van der Waals surface area contributed by atoms with Gasteiger partial charge in [0.1, 0.15) is 17.7 Å². The lowest BCUT2D eigenvalue weighted by Crippen LogP contribution is -2.45. The first-order valence-electron chi connectivity index (χ1n) is 8.08. The van der Waals surface area contributed by atoms with Gasteiger partial charge < -0.3 is 11.1 Å². The van der Waals surface area contributed by atoms with Gasteiger partial charge in [-0.25, -0.2) is 9.07 Å². The van der Waals surface area contributed by atoms with Crippen molar-refractivity contribution in [3.63, 3.8) is 0 Å². The van der Waals surface area contributed by atoms with Crippen molar-refractivity contribution in [2.45, 2.75) is 38.3 Å². The highest BCUT2D eigenvalue weighted by Gasteiger charge is 2.33. The van der Waals surface area contributed by atoms with E-state index in [4.69, 9.17) is 5.73 Å². The van der Waals surface area contributed by atoms with Gasteiger partial charge in [-0.3, -0.25) is 4.79 Å². The van der Waals surface area contributed by atoms with E-state index in [9.17, 15) is 9.18 Å². The van der Waals surface area contributed by atoms with Crippen molar-refractivity contribution in [2.24, 2.45) is 11.7 Å². The number of tetrazole rings is 1. The molecule has 1 heterocycles. The number of aryl methyl sites for hydroxylation is 1. The maximum absolute atomic E-state index is 13.1. The summed E-state index contributed by atoms with van der Waals surface area (Å²) in [6, 6.07) is 5.46. The fourth-order valence-corrected chi connectivity index (χ4v) is 2.81. The van der Waals surface area contributed by atoms with Gasteiger partial charge in [-0.05, 0) is 53.8 Å². The average molecular weight is 369 g/mol. The van der Waals surface area contributed by atoms with Gasteiger partial charge in [0.15, 0.2) is 0 Å². The minimum Gasteiger partial charge on any atom is -0.350 e. The molecular formula is C16H22ClFN6O.